The van der Waals surface area contributed by atoms with E-state index in [0.717, 1.165) is 26.3 Å². The van der Waals surface area contributed by atoms with Crippen molar-refractivity contribution >= 4 is 43.4 Å². The predicted octanol–water partition coefficient (Wildman–Crippen LogP) is 4.21. The van der Waals surface area contributed by atoms with Crippen molar-refractivity contribution in [2.24, 2.45) is 11.1 Å². The average molecular weight is 566 g/mol. The molecule has 0 radical (unpaired) electrons. The highest BCUT2D eigenvalue weighted by Crippen LogP contribution is 2.35. The molecule has 180 valence electrons. The first kappa shape index (κ1) is 25.0. The van der Waals surface area contributed by atoms with Gasteiger partial charge in [-0.2, -0.15) is 8.42 Å². The number of aliphatic hydroxyl groups is 1. The third-order valence-electron chi connectivity index (χ3n) is 5.58. The minimum Gasteiger partial charge on any atom is -0.383 e. The lowest BCUT2D eigenvalue weighted by Gasteiger charge is -2.15. The highest BCUT2D eigenvalue weighted by molar-refractivity contribution is 9.10. The van der Waals surface area contributed by atoms with Gasteiger partial charge in [0.15, 0.2) is 0 Å². The van der Waals surface area contributed by atoms with Crippen molar-refractivity contribution in [3.63, 3.8) is 0 Å². The fraction of sp³-hybridized carbons (Fsp3) is 0.304. The molecule has 1 aliphatic carbocycles. The lowest BCUT2D eigenvalue weighted by atomic mass is 10.0. The quantitative estimate of drug-likeness (QED) is 0.355. The number of rotatable bonds is 9. The summed E-state index contributed by atoms with van der Waals surface area (Å²) < 4.78 is 27.8. The Bertz CT molecular complexity index is 1310. The number of thiophene rings is 1. The van der Waals surface area contributed by atoms with Crippen LogP contribution in [0.2, 0.25) is 0 Å². The van der Waals surface area contributed by atoms with Crippen LogP contribution in [0, 0.1) is 12.8 Å². The largest absolute Gasteiger partial charge is 0.383 e. The summed E-state index contributed by atoms with van der Waals surface area (Å²) in [6.45, 7) is 2.08. The maximum Gasteiger partial charge on any atom is 0.333 e. The van der Waals surface area contributed by atoms with E-state index in [1.165, 1.54) is 17.5 Å². The Morgan fingerprint density at radius 2 is 2.21 bits per heavy atom. The molecule has 1 aromatic carbocycles. The van der Waals surface area contributed by atoms with Gasteiger partial charge >= 0.3 is 10.3 Å². The summed E-state index contributed by atoms with van der Waals surface area (Å²) in [5, 5.41) is 19.4. The van der Waals surface area contributed by atoms with E-state index < -0.39 is 16.4 Å². The minimum atomic E-state index is -3.96. The first-order valence-electron chi connectivity index (χ1n) is 10.6. The molecule has 0 spiro atoms. The minimum absolute atomic E-state index is 0.00318. The van der Waals surface area contributed by atoms with Gasteiger partial charge in [0.2, 0.25) is 0 Å². The Kier molecular flexibility index (Phi) is 7.80. The molecule has 8 nitrogen and oxygen atoms in total. The second-order valence-electron chi connectivity index (χ2n) is 8.20. The summed E-state index contributed by atoms with van der Waals surface area (Å²) in [7, 11) is -3.96. The molecule has 4 rings (SSSR count). The number of aliphatic hydroxyl groups excluding tert-OH is 1. The highest BCUT2D eigenvalue weighted by atomic mass is 79.9. The predicted molar refractivity (Wildman–Crippen MR) is 136 cm³/mol. The Labute approximate surface area is 211 Å². The lowest BCUT2D eigenvalue weighted by molar-refractivity contribution is 0.224. The Morgan fingerprint density at radius 1 is 1.38 bits per heavy atom. The summed E-state index contributed by atoms with van der Waals surface area (Å²) >= 11 is 5.07. The van der Waals surface area contributed by atoms with Gasteiger partial charge in [0.1, 0.15) is 18.2 Å². The van der Waals surface area contributed by atoms with Crippen molar-refractivity contribution in [2.75, 3.05) is 11.9 Å². The van der Waals surface area contributed by atoms with E-state index in [0.29, 0.717) is 24.2 Å². The van der Waals surface area contributed by atoms with E-state index >= 15 is 0 Å². The first-order chi connectivity index (χ1) is 16.2. The van der Waals surface area contributed by atoms with Crippen LogP contribution in [0.5, 0.6) is 0 Å². The molecule has 0 bridgehead atoms. The molecule has 4 N–H and O–H groups in total. The van der Waals surface area contributed by atoms with Gasteiger partial charge in [0, 0.05) is 31.7 Å². The van der Waals surface area contributed by atoms with Gasteiger partial charge in [-0.1, -0.05) is 34.1 Å². The Morgan fingerprint density at radius 3 is 2.97 bits per heavy atom. The standard InChI is InChI=1S/C23H25BrN4O4S2/c1-14-17(7-15-3-2-4-18(24)8-15)10-21(33-14)22(29)20-11-26-13-27-23(20)28-19-6-5-16(9-19)12-32-34(25,30)31/h2-4,6,8,10-11,13,16,22,29H,5,7,9,12H2,1H3,(H2,25,30,31)(H,26,27,28). The van der Waals surface area contributed by atoms with E-state index in [1.807, 2.05) is 24.3 Å². The van der Waals surface area contributed by atoms with Crippen LogP contribution in [0.15, 0.2) is 59.1 Å². The molecule has 2 aromatic heterocycles. The number of nitrogens with two attached hydrogens (primary N) is 1. The molecule has 2 heterocycles. The van der Waals surface area contributed by atoms with Gasteiger partial charge in [0.25, 0.3) is 0 Å². The molecule has 2 unspecified atom stereocenters. The third kappa shape index (κ3) is 6.49. The van der Waals surface area contributed by atoms with Crippen LogP contribution in [0.3, 0.4) is 0 Å². The highest BCUT2D eigenvalue weighted by Gasteiger charge is 2.23. The van der Waals surface area contributed by atoms with Crippen molar-refractivity contribution in [1.82, 2.24) is 9.97 Å². The summed E-state index contributed by atoms with van der Waals surface area (Å²) in [5.41, 5.74) is 3.81. The molecule has 2 atom stereocenters. The number of hydrogen-bond acceptors (Lipinski definition) is 8. The molecular formula is C23H25BrN4O4S2. The maximum absolute atomic E-state index is 11.2. The number of aromatic nitrogens is 2. The van der Waals surface area contributed by atoms with E-state index in [1.54, 1.807) is 17.5 Å². The number of aryl methyl sites for hydroxylation is 1. The van der Waals surface area contributed by atoms with Crippen LogP contribution in [0.25, 0.3) is 0 Å². The van der Waals surface area contributed by atoms with Gasteiger partial charge in [-0.25, -0.2) is 15.1 Å². The van der Waals surface area contributed by atoms with Gasteiger partial charge in [0.05, 0.1) is 6.61 Å². The fourth-order valence-corrected chi connectivity index (χ4v) is 5.76. The van der Waals surface area contributed by atoms with E-state index in [2.05, 4.69) is 50.3 Å². The number of halogens is 1. The molecule has 3 aromatic rings. The monoisotopic (exact) mass is 564 g/mol. The molecule has 0 saturated heterocycles. The Balaban J connectivity index is 1.46. The molecular weight excluding hydrogens is 540 g/mol. The molecule has 0 aliphatic heterocycles. The van der Waals surface area contributed by atoms with Crippen LogP contribution in [-0.4, -0.2) is 30.1 Å². The third-order valence-corrected chi connectivity index (χ3v) is 7.68. The van der Waals surface area contributed by atoms with E-state index in [4.69, 9.17) is 9.32 Å². The van der Waals surface area contributed by atoms with Crippen LogP contribution in [0.1, 0.15) is 45.4 Å². The van der Waals surface area contributed by atoms with Crippen molar-refractivity contribution in [3.8, 4) is 0 Å². The number of allylic oxidation sites excluding steroid dienone is 2. The Hall–Kier alpha value is -2.15. The van der Waals surface area contributed by atoms with Crippen LogP contribution < -0.4 is 10.5 Å². The van der Waals surface area contributed by atoms with Crippen LogP contribution in [-0.2, 0) is 20.9 Å². The van der Waals surface area contributed by atoms with Gasteiger partial charge in [-0.15, -0.1) is 11.3 Å². The molecule has 34 heavy (non-hydrogen) atoms. The van der Waals surface area contributed by atoms with Gasteiger partial charge in [-0.3, -0.25) is 4.18 Å². The number of anilines is 1. The average Bonchev–Trinajstić information content (AvgIpc) is 3.38. The van der Waals surface area contributed by atoms with Crippen LogP contribution in [0.4, 0.5) is 5.82 Å². The summed E-state index contributed by atoms with van der Waals surface area (Å²) in [6.07, 6.45) is 6.15. The van der Waals surface area contributed by atoms with Crippen molar-refractivity contribution in [2.45, 2.75) is 32.3 Å². The van der Waals surface area contributed by atoms with E-state index in [-0.39, 0.29) is 12.5 Å². The number of benzene rings is 1. The number of hydrogen-bond donors (Lipinski definition) is 3. The SMILES string of the molecule is Cc1sc(C(O)c2cncnc2NC2=CCC(COS(N)(=O)=O)C2)cc1Cc1cccc(Br)c1. The van der Waals surface area contributed by atoms with Gasteiger partial charge < -0.3 is 10.4 Å². The van der Waals surface area contributed by atoms with E-state index in [9.17, 15) is 13.5 Å². The zero-order valence-corrected chi connectivity index (χ0v) is 21.7. The summed E-state index contributed by atoms with van der Waals surface area (Å²) in [4.78, 5) is 10.4. The van der Waals surface area contributed by atoms with Gasteiger partial charge in [-0.05, 0) is 61.4 Å². The normalized spacial score (nSPS) is 16.9. The molecule has 0 saturated carbocycles. The number of nitrogens with one attached hydrogen (secondary N) is 1. The second-order valence-corrected chi connectivity index (χ2v) is 11.6. The van der Waals surface area contributed by atoms with Crippen molar-refractivity contribution in [3.05, 3.63) is 85.5 Å². The van der Waals surface area contributed by atoms with Crippen molar-refractivity contribution < 1.29 is 17.7 Å². The molecule has 11 heteroatoms. The zero-order chi connectivity index (χ0) is 24.3. The topological polar surface area (TPSA) is 127 Å². The maximum atomic E-state index is 11.2. The fourth-order valence-electron chi connectivity index (χ4n) is 3.88. The first-order valence-corrected chi connectivity index (χ1v) is 13.7. The summed E-state index contributed by atoms with van der Waals surface area (Å²) in [6, 6.07) is 10.2. The number of nitrogens with zero attached hydrogens (tertiary/aromatic N) is 2. The molecule has 0 amide bonds. The van der Waals surface area contributed by atoms with Crippen molar-refractivity contribution in [1.29, 1.82) is 0 Å². The molecule has 1 aliphatic rings. The molecule has 0 fully saturated rings. The summed E-state index contributed by atoms with van der Waals surface area (Å²) in [5.74, 6) is 0.512. The van der Waals surface area contributed by atoms with Crippen LogP contribution >= 0.6 is 27.3 Å². The lowest BCUT2D eigenvalue weighted by Crippen LogP contribution is -2.20. The second kappa shape index (κ2) is 10.6. The smallest absolute Gasteiger partial charge is 0.333 e. The zero-order valence-electron chi connectivity index (χ0n) is 18.4.